The zero-order valence-corrected chi connectivity index (χ0v) is 14.5. The molecule has 1 saturated carbocycles. The van der Waals surface area contributed by atoms with Gasteiger partial charge >= 0.3 is 6.36 Å². The lowest BCUT2D eigenvalue weighted by Crippen LogP contribution is -2.40. The van der Waals surface area contributed by atoms with Crippen molar-refractivity contribution in [3.63, 3.8) is 0 Å². The summed E-state index contributed by atoms with van der Waals surface area (Å²) in [6.45, 7) is 4.53. The largest absolute Gasteiger partial charge is 0.573 e. The van der Waals surface area contributed by atoms with Crippen molar-refractivity contribution < 1.29 is 17.9 Å². The van der Waals surface area contributed by atoms with Gasteiger partial charge in [-0.1, -0.05) is 24.3 Å². The minimum Gasteiger partial charge on any atom is -0.405 e. The summed E-state index contributed by atoms with van der Waals surface area (Å²) in [4.78, 5) is 6.26. The van der Waals surface area contributed by atoms with Crippen LogP contribution in [0, 0.1) is 0 Å². The van der Waals surface area contributed by atoms with E-state index >= 15 is 0 Å². The van der Waals surface area contributed by atoms with E-state index in [0.717, 1.165) is 31.8 Å². The minimum atomic E-state index is -4.69. The number of benzene rings is 1. The first-order chi connectivity index (χ1) is 11.9. The molecule has 0 aliphatic heterocycles. The Morgan fingerprint density at radius 2 is 2.16 bits per heavy atom. The van der Waals surface area contributed by atoms with E-state index in [0.29, 0.717) is 5.56 Å². The van der Waals surface area contributed by atoms with Crippen molar-refractivity contribution in [2.75, 3.05) is 20.6 Å². The molecule has 1 N–H and O–H groups in total. The maximum Gasteiger partial charge on any atom is 0.573 e. The van der Waals surface area contributed by atoms with Gasteiger partial charge in [0.2, 0.25) is 0 Å². The summed E-state index contributed by atoms with van der Waals surface area (Å²) < 4.78 is 41.8. The molecule has 0 bridgehead atoms. The molecule has 138 valence electrons. The van der Waals surface area contributed by atoms with Crippen LogP contribution in [0.2, 0.25) is 0 Å². The number of allylic oxidation sites excluding steroid dienone is 1. The molecule has 0 amide bonds. The molecule has 1 aromatic carbocycles. The summed E-state index contributed by atoms with van der Waals surface area (Å²) in [5.41, 5.74) is 0.571. The Kier molecular flexibility index (Phi) is 6.33. The molecule has 2 rings (SSSR count). The van der Waals surface area contributed by atoms with Gasteiger partial charge in [0.15, 0.2) is 5.96 Å². The van der Waals surface area contributed by atoms with Gasteiger partial charge in [-0.15, -0.1) is 19.8 Å². The number of hydrogen-bond acceptors (Lipinski definition) is 2. The summed E-state index contributed by atoms with van der Waals surface area (Å²) >= 11 is 0. The summed E-state index contributed by atoms with van der Waals surface area (Å²) in [6.07, 6.45) is -0.168. The van der Waals surface area contributed by atoms with Gasteiger partial charge in [0.1, 0.15) is 5.75 Å². The summed E-state index contributed by atoms with van der Waals surface area (Å²) in [6, 6.07) is 6.36. The third-order valence-corrected chi connectivity index (χ3v) is 4.12. The predicted molar refractivity (Wildman–Crippen MR) is 92.8 cm³/mol. The molecule has 2 atom stereocenters. The SMILES string of the molecule is C=CCCCN(C)C(=NC)NC1CC1c1ccccc1OC(F)(F)F. The number of ether oxygens (including phenoxy) is 1. The van der Waals surface area contributed by atoms with Crippen molar-refractivity contribution in [1.29, 1.82) is 0 Å². The molecule has 0 spiro atoms. The quantitative estimate of drug-likeness (QED) is 0.349. The summed E-state index contributed by atoms with van der Waals surface area (Å²) in [7, 11) is 3.64. The second-order valence-electron chi connectivity index (χ2n) is 6.08. The van der Waals surface area contributed by atoms with Gasteiger partial charge < -0.3 is 15.0 Å². The normalized spacial score (nSPS) is 20.1. The van der Waals surface area contributed by atoms with E-state index in [1.165, 1.54) is 6.07 Å². The lowest BCUT2D eigenvalue weighted by molar-refractivity contribution is -0.274. The van der Waals surface area contributed by atoms with Gasteiger partial charge in [-0.25, -0.2) is 0 Å². The maximum absolute atomic E-state index is 12.5. The van der Waals surface area contributed by atoms with Crippen LogP contribution >= 0.6 is 0 Å². The van der Waals surface area contributed by atoms with Crippen LogP contribution in [0.15, 0.2) is 41.9 Å². The fourth-order valence-corrected chi connectivity index (χ4v) is 2.79. The van der Waals surface area contributed by atoms with Crippen molar-refractivity contribution in [2.45, 2.75) is 37.6 Å². The lowest BCUT2D eigenvalue weighted by atomic mass is 10.1. The Bertz CT molecular complexity index is 616. The van der Waals surface area contributed by atoms with Crippen molar-refractivity contribution in [2.24, 2.45) is 4.99 Å². The van der Waals surface area contributed by atoms with Gasteiger partial charge in [-0.2, -0.15) is 0 Å². The smallest absolute Gasteiger partial charge is 0.405 e. The van der Waals surface area contributed by atoms with Gasteiger partial charge in [-0.3, -0.25) is 4.99 Å². The highest BCUT2D eigenvalue weighted by Gasteiger charge is 2.42. The number of nitrogens with zero attached hydrogens (tertiary/aromatic N) is 2. The fraction of sp³-hybridized carbons (Fsp3) is 0.500. The molecule has 2 unspecified atom stereocenters. The van der Waals surface area contributed by atoms with Crippen molar-refractivity contribution >= 4 is 5.96 Å². The number of guanidine groups is 1. The topological polar surface area (TPSA) is 36.9 Å². The van der Waals surface area contributed by atoms with E-state index in [-0.39, 0.29) is 17.7 Å². The van der Waals surface area contributed by atoms with Crippen LogP contribution in [0.4, 0.5) is 13.2 Å². The second kappa shape index (κ2) is 8.27. The van der Waals surface area contributed by atoms with Crippen LogP contribution < -0.4 is 10.1 Å². The van der Waals surface area contributed by atoms with E-state index in [1.807, 2.05) is 18.0 Å². The molecule has 0 heterocycles. The Morgan fingerprint density at radius 1 is 1.44 bits per heavy atom. The zero-order valence-electron chi connectivity index (χ0n) is 14.5. The number of unbranched alkanes of at least 4 members (excludes halogenated alkanes) is 1. The Labute approximate surface area is 146 Å². The molecule has 25 heavy (non-hydrogen) atoms. The van der Waals surface area contributed by atoms with Crippen molar-refractivity contribution in [1.82, 2.24) is 10.2 Å². The van der Waals surface area contributed by atoms with Crippen LogP contribution in [-0.4, -0.2) is 43.9 Å². The number of para-hydroxylation sites is 1. The van der Waals surface area contributed by atoms with Gasteiger partial charge in [0.05, 0.1) is 0 Å². The van der Waals surface area contributed by atoms with Gasteiger partial charge in [0.25, 0.3) is 0 Å². The third kappa shape index (κ3) is 5.69. The average Bonchev–Trinajstić information content (AvgIpc) is 3.30. The zero-order chi connectivity index (χ0) is 18.4. The maximum atomic E-state index is 12.5. The minimum absolute atomic E-state index is 0.0168. The van der Waals surface area contributed by atoms with Crippen LogP contribution in [0.5, 0.6) is 5.75 Å². The van der Waals surface area contributed by atoms with Crippen LogP contribution in [0.25, 0.3) is 0 Å². The molecule has 1 aliphatic rings. The number of halogens is 3. The third-order valence-electron chi connectivity index (χ3n) is 4.12. The number of rotatable bonds is 7. The first-order valence-corrected chi connectivity index (χ1v) is 8.25. The second-order valence-corrected chi connectivity index (χ2v) is 6.08. The standard InChI is InChI=1S/C18H24F3N3O/c1-4-5-8-11-24(3)17(22-2)23-15-12-14(15)13-9-6-7-10-16(13)25-18(19,20)21/h4,6-7,9-10,14-15H,1,5,8,11-12H2,2-3H3,(H,22,23). The van der Waals surface area contributed by atoms with E-state index < -0.39 is 6.36 Å². The van der Waals surface area contributed by atoms with Crippen molar-refractivity contribution in [3.8, 4) is 5.75 Å². The van der Waals surface area contributed by atoms with Gasteiger partial charge in [0, 0.05) is 32.6 Å². The summed E-state index contributed by atoms with van der Waals surface area (Å²) in [5.74, 6) is 0.598. The van der Waals surface area contributed by atoms with Gasteiger partial charge in [-0.05, 0) is 30.9 Å². The molecule has 0 saturated heterocycles. The molecule has 4 nitrogen and oxygen atoms in total. The average molecular weight is 355 g/mol. The number of aliphatic imine (C=N–C) groups is 1. The van der Waals surface area contributed by atoms with E-state index in [9.17, 15) is 13.2 Å². The van der Waals surface area contributed by atoms with Crippen molar-refractivity contribution in [3.05, 3.63) is 42.5 Å². The Morgan fingerprint density at radius 3 is 2.80 bits per heavy atom. The summed E-state index contributed by atoms with van der Waals surface area (Å²) in [5, 5.41) is 3.32. The molecular formula is C18H24F3N3O. The predicted octanol–water partition coefficient (Wildman–Crippen LogP) is 3.91. The molecule has 1 fully saturated rings. The first kappa shape index (κ1) is 19.1. The Balaban J connectivity index is 1.97. The van der Waals surface area contributed by atoms with Crippen LogP contribution in [0.1, 0.15) is 30.7 Å². The molecule has 0 radical (unpaired) electrons. The van der Waals surface area contributed by atoms with E-state index in [1.54, 1.807) is 25.2 Å². The highest BCUT2D eigenvalue weighted by Crippen LogP contribution is 2.45. The lowest BCUT2D eigenvalue weighted by Gasteiger charge is -2.22. The number of nitrogens with one attached hydrogen (secondary N) is 1. The van der Waals surface area contributed by atoms with Crippen LogP contribution in [0.3, 0.4) is 0 Å². The molecular weight excluding hydrogens is 331 g/mol. The van der Waals surface area contributed by atoms with E-state index in [2.05, 4.69) is 21.6 Å². The highest BCUT2D eigenvalue weighted by molar-refractivity contribution is 5.80. The first-order valence-electron chi connectivity index (χ1n) is 8.25. The molecule has 1 aromatic rings. The molecule has 1 aliphatic carbocycles. The highest BCUT2D eigenvalue weighted by atomic mass is 19.4. The molecule has 0 aromatic heterocycles. The number of hydrogen-bond donors (Lipinski definition) is 1. The monoisotopic (exact) mass is 355 g/mol. The fourth-order valence-electron chi connectivity index (χ4n) is 2.79. The number of alkyl halides is 3. The Hall–Kier alpha value is -2.18. The van der Waals surface area contributed by atoms with Crippen LogP contribution in [-0.2, 0) is 0 Å². The van der Waals surface area contributed by atoms with E-state index in [4.69, 9.17) is 0 Å². The molecule has 7 heteroatoms.